The number of aryl methyl sites for hydroxylation is 1. The number of hydrogen-bond acceptors (Lipinski definition) is 5. The van der Waals surface area contributed by atoms with Gasteiger partial charge in [-0.15, -0.1) is 0 Å². The van der Waals surface area contributed by atoms with E-state index in [0.717, 1.165) is 28.4 Å². The van der Waals surface area contributed by atoms with Gasteiger partial charge in [0, 0.05) is 37.1 Å². The molecule has 2 aliphatic heterocycles. The molecule has 7 heteroatoms. The molecule has 3 heterocycles. The Morgan fingerprint density at radius 3 is 2.68 bits per heavy atom. The van der Waals surface area contributed by atoms with Crippen LogP contribution in [0.5, 0.6) is 5.75 Å². The summed E-state index contributed by atoms with van der Waals surface area (Å²) in [6.45, 7) is 6.65. The molecule has 0 aliphatic carbocycles. The minimum atomic E-state index is -4.26. The van der Waals surface area contributed by atoms with Crippen molar-refractivity contribution in [3.05, 3.63) is 59.4 Å². The van der Waals surface area contributed by atoms with Crippen molar-refractivity contribution in [2.75, 3.05) is 17.2 Å². The number of hydrogen-bond donors (Lipinski definition) is 0. The van der Waals surface area contributed by atoms with Crippen molar-refractivity contribution in [3.63, 3.8) is 0 Å². The monoisotopic (exact) mass is 400 g/mol. The predicted molar refractivity (Wildman–Crippen MR) is 106 cm³/mol. The van der Waals surface area contributed by atoms with Crippen molar-refractivity contribution in [1.29, 1.82) is 0 Å². The number of para-hydroxylation sites is 1. The Morgan fingerprint density at radius 2 is 1.93 bits per heavy atom. The summed E-state index contributed by atoms with van der Waals surface area (Å²) in [6.07, 6.45) is 4.30. The van der Waals surface area contributed by atoms with Crippen LogP contribution in [0.25, 0.3) is 6.08 Å². The zero-order valence-electron chi connectivity index (χ0n) is 16.2. The third-order valence-corrected chi connectivity index (χ3v) is 6.55. The third kappa shape index (κ3) is 2.89. The van der Waals surface area contributed by atoms with Crippen LogP contribution in [0, 0.1) is 6.92 Å². The molecule has 6 nitrogen and oxygen atoms in total. The Labute approximate surface area is 165 Å². The van der Waals surface area contributed by atoms with Crippen molar-refractivity contribution in [2.45, 2.75) is 38.3 Å². The van der Waals surface area contributed by atoms with Crippen molar-refractivity contribution < 1.29 is 22.7 Å². The number of nitrogens with one attached hydrogen (secondary N) is 1. The second-order valence-electron chi connectivity index (χ2n) is 7.96. The van der Waals surface area contributed by atoms with Crippen LogP contribution in [0.3, 0.4) is 0 Å². The number of fused-ring (bicyclic) bond motifs is 2. The molecule has 0 amide bonds. The van der Waals surface area contributed by atoms with Crippen molar-refractivity contribution >= 4 is 21.9 Å². The molecule has 1 atom stereocenters. The number of aromatic nitrogens is 1. The molecule has 1 spiro atoms. The number of anilines is 1. The van der Waals surface area contributed by atoms with Crippen LogP contribution in [0.4, 0.5) is 5.69 Å². The van der Waals surface area contributed by atoms with Gasteiger partial charge in [-0.3, -0.25) is 0 Å². The topological polar surface area (TPSA) is 83.8 Å². The fourth-order valence-electron chi connectivity index (χ4n) is 4.33. The average molecular weight is 401 g/mol. The summed E-state index contributed by atoms with van der Waals surface area (Å²) in [4.78, 5) is 5.40. The first-order chi connectivity index (χ1) is 13.1. The quantitative estimate of drug-likeness (QED) is 0.737. The average Bonchev–Trinajstić information content (AvgIpc) is 2.80. The van der Waals surface area contributed by atoms with Gasteiger partial charge < -0.3 is 14.2 Å². The van der Waals surface area contributed by atoms with Gasteiger partial charge >= 0.3 is 0 Å². The molecule has 0 saturated carbocycles. The highest BCUT2D eigenvalue weighted by molar-refractivity contribution is 7.85. The summed E-state index contributed by atoms with van der Waals surface area (Å²) in [5, 5.41) is 0. The van der Waals surface area contributed by atoms with Gasteiger partial charge in [0.15, 0.2) is 11.4 Å². The van der Waals surface area contributed by atoms with E-state index >= 15 is 0 Å². The lowest BCUT2D eigenvalue weighted by molar-refractivity contribution is -0.392. The van der Waals surface area contributed by atoms with Crippen molar-refractivity contribution in [1.82, 2.24) is 0 Å². The van der Waals surface area contributed by atoms with Crippen LogP contribution in [0.1, 0.15) is 37.2 Å². The Hall–Kier alpha value is -2.38. The van der Waals surface area contributed by atoms with E-state index in [-0.39, 0.29) is 11.8 Å². The summed E-state index contributed by atoms with van der Waals surface area (Å²) in [7, 11) is -4.26. The van der Waals surface area contributed by atoms with Gasteiger partial charge in [-0.05, 0) is 44.0 Å². The van der Waals surface area contributed by atoms with Crippen LogP contribution in [0.15, 0.2) is 42.5 Å². The number of benzene rings is 1. The zero-order valence-corrected chi connectivity index (χ0v) is 17.0. The lowest BCUT2D eigenvalue weighted by atomic mass is 9.76. The van der Waals surface area contributed by atoms with E-state index in [9.17, 15) is 13.0 Å². The van der Waals surface area contributed by atoms with Crippen LogP contribution >= 0.6 is 0 Å². The minimum absolute atomic E-state index is 0.238. The summed E-state index contributed by atoms with van der Waals surface area (Å²) in [6, 6.07) is 12.0. The Morgan fingerprint density at radius 1 is 1.18 bits per heavy atom. The summed E-state index contributed by atoms with van der Waals surface area (Å²) in [5.74, 6) is 0.352. The summed E-state index contributed by atoms with van der Waals surface area (Å²) in [5.41, 5.74) is 2.87. The molecule has 1 unspecified atom stereocenters. The molecule has 2 aliphatic rings. The lowest BCUT2D eigenvalue weighted by Gasteiger charge is -2.46. The van der Waals surface area contributed by atoms with Gasteiger partial charge in [0.05, 0.1) is 15.5 Å². The van der Waals surface area contributed by atoms with Gasteiger partial charge in [0.25, 0.3) is 0 Å². The fraction of sp³-hybridized carbons (Fsp3) is 0.381. The molecule has 0 bridgehead atoms. The van der Waals surface area contributed by atoms with E-state index in [1.807, 2.05) is 49.4 Å². The third-order valence-electron chi connectivity index (χ3n) is 5.76. The largest absolute Gasteiger partial charge is 0.748 e. The molecule has 1 N–H and O–H groups in total. The van der Waals surface area contributed by atoms with E-state index in [4.69, 9.17) is 4.74 Å². The standard InChI is InChI=1S/C21H24N2O4S/c1-15-9-10-19-17(22-15)11-12-21(27-19)20(2,3)16-7-4-5-8-18(16)23(21)13-6-14-28(24,25)26/h4-5,7-12H,6,13-14H2,1-3H3,(H,24,25,26). The molecule has 28 heavy (non-hydrogen) atoms. The first-order valence-corrected chi connectivity index (χ1v) is 10.9. The molecule has 0 fully saturated rings. The van der Waals surface area contributed by atoms with Gasteiger partial charge in [-0.1, -0.05) is 18.2 Å². The molecule has 148 valence electrons. The fourth-order valence-corrected chi connectivity index (χ4v) is 4.81. The smallest absolute Gasteiger partial charge is 0.246 e. The van der Waals surface area contributed by atoms with Crippen LogP contribution in [-0.4, -0.2) is 31.0 Å². The number of nitrogens with zero attached hydrogens (tertiary/aromatic N) is 1. The van der Waals surface area contributed by atoms with E-state index in [1.54, 1.807) is 0 Å². The highest BCUT2D eigenvalue weighted by Crippen LogP contribution is 2.54. The number of H-pyrrole nitrogens is 1. The van der Waals surface area contributed by atoms with Crippen molar-refractivity contribution in [3.8, 4) is 5.75 Å². The normalized spacial score (nSPS) is 22.1. The first-order valence-electron chi connectivity index (χ1n) is 9.36. The van der Waals surface area contributed by atoms with E-state index in [1.165, 1.54) is 0 Å². The minimum Gasteiger partial charge on any atom is -0.748 e. The SMILES string of the molecule is Cc1ccc2c([nH+]1)C=CC1(O2)N(CCCS(=O)(=O)[O-])c2ccccc2C1(C)C. The van der Waals surface area contributed by atoms with Crippen molar-refractivity contribution in [2.24, 2.45) is 0 Å². The van der Waals surface area contributed by atoms with E-state index in [2.05, 4.69) is 29.8 Å². The maximum absolute atomic E-state index is 11.1. The van der Waals surface area contributed by atoms with Gasteiger partial charge in [-0.2, -0.15) is 0 Å². The number of rotatable bonds is 4. The number of ether oxygens (including phenoxy) is 1. The molecule has 4 rings (SSSR count). The van der Waals surface area contributed by atoms with Gasteiger partial charge in [-0.25, -0.2) is 13.4 Å². The van der Waals surface area contributed by atoms with Gasteiger partial charge in [0.2, 0.25) is 11.4 Å². The molecule has 2 aromatic rings. The van der Waals surface area contributed by atoms with E-state index < -0.39 is 21.6 Å². The maximum Gasteiger partial charge on any atom is 0.246 e. The Balaban J connectivity index is 1.79. The maximum atomic E-state index is 11.1. The summed E-state index contributed by atoms with van der Waals surface area (Å²) < 4.78 is 40.0. The Kier molecular flexibility index (Phi) is 4.28. The molecule has 0 saturated heterocycles. The van der Waals surface area contributed by atoms with Crippen LogP contribution < -0.4 is 14.6 Å². The number of aromatic amines is 1. The number of pyridine rings is 1. The first kappa shape index (κ1) is 19.0. The second kappa shape index (κ2) is 6.32. The molecular weight excluding hydrogens is 376 g/mol. The lowest BCUT2D eigenvalue weighted by Crippen LogP contribution is -2.60. The Bertz CT molecular complexity index is 1060. The van der Waals surface area contributed by atoms with Crippen LogP contribution in [0.2, 0.25) is 0 Å². The summed E-state index contributed by atoms with van der Waals surface area (Å²) >= 11 is 0. The molecular formula is C21H24N2O4S. The highest BCUT2D eigenvalue weighted by atomic mass is 32.2. The predicted octanol–water partition coefficient (Wildman–Crippen LogP) is 2.64. The van der Waals surface area contributed by atoms with Crippen LogP contribution in [-0.2, 0) is 15.5 Å². The van der Waals surface area contributed by atoms with E-state index in [0.29, 0.717) is 6.54 Å². The molecule has 1 aromatic heterocycles. The zero-order chi connectivity index (χ0) is 20.2. The molecule has 1 aromatic carbocycles. The van der Waals surface area contributed by atoms with Gasteiger partial charge in [0.1, 0.15) is 0 Å². The highest BCUT2D eigenvalue weighted by Gasteiger charge is 2.59. The molecule has 0 radical (unpaired) electrons. The second-order valence-corrected chi connectivity index (χ2v) is 9.48.